The zero-order chi connectivity index (χ0) is 9.00. The number of hydrogen-bond acceptors (Lipinski definition) is 8. The Morgan fingerprint density at radius 1 is 0.667 bits per heavy atom. The molecule has 0 spiro atoms. The van der Waals surface area contributed by atoms with Gasteiger partial charge in [0.25, 0.3) is 0 Å². The third-order valence-corrected chi connectivity index (χ3v) is 0. The third kappa shape index (κ3) is 1700. The van der Waals surface area contributed by atoms with E-state index in [4.69, 9.17) is 35.0 Å². The summed E-state index contributed by atoms with van der Waals surface area (Å²) in [6, 6.07) is 0. The SMILES string of the molecule is O=S(=O)([O-])[O-].O=S(=O)([O-])[O-].[Cu+2].[Fe+2]. The Morgan fingerprint density at radius 3 is 0.667 bits per heavy atom. The minimum atomic E-state index is -5.17. The molecule has 0 fully saturated rings. The third-order valence-electron chi connectivity index (χ3n) is 0. The Labute approximate surface area is 89.8 Å². The van der Waals surface area contributed by atoms with E-state index in [1.54, 1.807) is 0 Å². The Morgan fingerprint density at radius 2 is 0.667 bits per heavy atom. The minimum Gasteiger partial charge on any atom is -0.759 e. The fourth-order valence-electron chi connectivity index (χ4n) is 0. The Kier molecular flexibility index (Phi) is 16.1. The van der Waals surface area contributed by atoms with Crippen molar-refractivity contribution in [1.82, 2.24) is 0 Å². The van der Waals surface area contributed by atoms with E-state index < -0.39 is 20.8 Å². The van der Waals surface area contributed by atoms with Crippen LogP contribution in [-0.4, -0.2) is 35.0 Å². The first-order valence-electron chi connectivity index (χ1n) is 1.33. The quantitative estimate of drug-likeness (QED) is 0.265. The first-order chi connectivity index (χ1) is 4.00. The molecule has 0 aromatic carbocycles. The van der Waals surface area contributed by atoms with Crippen molar-refractivity contribution in [3.63, 3.8) is 0 Å². The number of hydrogen-bond donors (Lipinski definition) is 0. The molecule has 12 heavy (non-hydrogen) atoms. The molecular weight excluding hydrogens is 312 g/mol. The van der Waals surface area contributed by atoms with Crippen LogP contribution in [-0.2, 0) is 54.9 Å². The summed E-state index contributed by atoms with van der Waals surface area (Å²) in [5.41, 5.74) is 0. The maximum atomic E-state index is 8.52. The van der Waals surface area contributed by atoms with Gasteiger partial charge in [0.1, 0.15) is 0 Å². The molecule has 0 aliphatic rings. The summed E-state index contributed by atoms with van der Waals surface area (Å²) in [6.45, 7) is 0. The molecule has 0 aliphatic carbocycles. The number of rotatable bonds is 0. The van der Waals surface area contributed by atoms with E-state index in [2.05, 4.69) is 0 Å². The van der Waals surface area contributed by atoms with Gasteiger partial charge in [0, 0.05) is 20.8 Å². The molecule has 0 N–H and O–H groups in total. The van der Waals surface area contributed by atoms with Crippen LogP contribution in [0.2, 0.25) is 0 Å². The van der Waals surface area contributed by atoms with E-state index in [0.717, 1.165) is 0 Å². The van der Waals surface area contributed by atoms with Crippen LogP contribution in [0.5, 0.6) is 0 Å². The molecule has 0 bridgehead atoms. The summed E-state index contributed by atoms with van der Waals surface area (Å²) < 4.78 is 68.2. The molecular formula is CuFeO8S2. The van der Waals surface area contributed by atoms with Gasteiger partial charge < -0.3 is 18.2 Å². The average molecular weight is 312 g/mol. The fourth-order valence-corrected chi connectivity index (χ4v) is 0. The predicted octanol–water partition coefficient (Wildman–Crippen LogP) is -2.68. The van der Waals surface area contributed by atoms with Crippen molar-refractivity contribution in [3.05, 3.63) is 0 Å². The van der Waals surface area contributed by atoms with Gasteiger partial charge in [0.2, 0.25) is 0 Å². The van der Waals surface area contributed by atoms with Crippen LogP contribution in [0.3, 0.4) is 0 Å². The normalized spacial score (nSPS) is 9.67. The van der Waals surface area contributed by atoms with Gasteiger partial charge in [0.15, 0.2) is 0 Å². The van der Waals surface area contributed by atoms with Crippen LogP contribution in [0, 0.1) is 0 Å². The molecule has 0 aromatic heterocycles. The zero-order valence-electron chi connectivity index (χ0n) is 4.74. The van der Waals surface area contributed by atoms with Gasteiger partial charge in [-0.05, 0) is 0 Å². The maximum Gasteiger partial charge on any atom is 2.00 e. The van der Waals surface area contributed by atoms with E-state index >= 15 is 0 Å². The van der Waals surface area contributed by atoms with Crippen LogP contribution in [0.4, 0.5) is 0 Å². The molecule has 0 atom stereocenters. The zero-order valence-corrected chi connectivity index (χ0v) is 8.42. The summed E-state index contributed by atoms with van der Waals surface area (Å²) in [7, 11) is -10.3. The van der Waals surface area contributed by atoms with Gasteiger partial charge in [-0.3, -0.25) is 16.8 Å². The molecule has 0 amide bonds. The molecule has 0 saturated heterocycles. The standard InChI is InChI=1S/Cu.Fe.2H2O4S/c;;2*1-5(2,3)4/h;;2*(H2,1,2,3,4)/q2*+2;;/p-4. The molecule has 0 aliphatic heterocycles. The van der Waals surface area contributed by atoms with Crippen LogP contribution >= 0.6 is 0 Å². The van der Waals surface area contributed by atoms with Gasteiger partial charge in [0.05, 0.1) is 0 Å². The van der Waals surface area contributed by atoms with Gasteiger partial charge in [-0.15, -0.1) is 0 Å². The second-order valence-electron chi connectivity index (χ2n) is 0.816. The molecule has 0 saturated carbocycles. The van der Waals surface area contributed by atoms with Crippen molar-refractivity contribution >= 4 is 20.8 Å². The van der Waals surface area contributed by atoms with Crippen molar-refractivity contribution in [2.45, 2.75) is 0 Å². The molecule has 8 nitrogen and oxygen atoms in total. The van der Waals surface area contributed by atoms with E-state index in [0.29, 0.717) is 0 Å². The van der Waals surface area contributed by atoms with E-state index in [9.17, 15) is 0 Å². The largest absolute Gasteiger partial charge is 2.00 e. The smallest absolute Gasteiger partial charge is 0.759 e. The summed E-state index contributed by atoms with van der Waals surface area (Å²) >= 11 is 0. The van der Waals surface area contributed by atoms with Gasteiger partial charge in [-0.25, -0.2) is 0 Å². The van der Waals surface area contributed by atoms with Crippen LogP contribution in [0.1, 0.15) is 0 Å². The Hall–Kier alpha value is 0.779. The average Bonchev–Trinajstić information content (AvgIpc) is 1.12. The van der Waals surface area contributed by atoms with Crippen molar-refractivity contribution in [3.8, 4) is 0 Å². The van der Waals surface area contributed by atoms with Crippen molar-refractivity contribution in [2.24, 2.45) is 0 Å². The topological polar surface area (TPSA) is 161 Å². The summed E-state index contributed by atoms with van der Waals surface area (Å²) in [6.07, 6.45) is 0. The van der Waals surface area contributed by atoms with E-state index in [-0.39, 0.29) is 34.1 Å². The minimum absolute atomic E-state index is 0. The van der Waals surface area contributed by atoms with Crippen molar-refractivity contribution in [1.29, 1.82) is 0 Å². The van der Waals surface area contributed by atoms with E-state index in [1.807, 2.05) is 0 Å². The Balaban J connectivity index is -0.0000000457. The second-order valence-corrected chi connectivity index (χ2v) is 2.45. The summed E-state index contributed by atoms with van der Waals surface area (Å²) in [5, 5.41) is 0. The first-order valence-corrected chi connectivity index (χ1v) is 4.00. The maximum absolute atomic E-state index is 8.52. The molecule has 0 rings (SSSR count). The molecule has 0 heterocycles. The molecule has 79 valence electrons. The van der Waals surface area contributed by atoms with Crippen LogP contribution in [0.15, 0.2) is 0 Å². The monoisotopic (exact) mass is 311 g/mol. The molecule has 1 radical (unpaired) electrons. The summed E-state index contributed by atoms with van der Waals surface area (Å²) in [5.74, 6) is 0. The van der Waals surface area contributed by atoms with Gasteiger partial charge in [-0.2, -0.15) is 0 Å². The van der Waals surface area contributed by atoms with Crippen LogP contribution in [0.25, 0.3) is 0 Å². The predicted molar refractivity (Wildman–Crippen MR) is 20.9 cm³/mol. The van der Waals surface area contributed by atoms with Crippen molar-refractivity contribution < 1.29 is 69.2 Å². The fraction of sp³-hybridized carbons (Fsp3) is 0. The van der Waals surface area contributed by atoms with Crippen LogP contribution < -0.4 is 0 Å². The molecule has 0 unspecified atom stereocenters. The van der Waals surface area contributed by atoms with Gasteiger partial charge >= 0.3 is 34.1 Å². The van der Waals surface area contributed by atoms with Crippen molar-refractivity contribution in [2.75, 3.05) is 0 Å². The molecule has 12 heteroatoms. The Bertz CT molecular complexity index is 213. The summed E-state index contributed by atoms with van der Waals surface area (Å²) in [4.78, 5) is 0. The van der Waals surface area contributed by atoms with E-state index in [1.165, 1.54) is 0 Å². The van der Waals surface area contributed by atoms with Gasteiger partial charge in [-0.1, -0.05) is 0 Å². The molecule has 0 aromatic rings. The second kappa shape index (κ2) is 8.38. The first kappa shape index (κ1) is 23.0.